The normalized spacial score (nSPS) is 22.3. The van der Waals surface area contributed by atoms with E-state index in [4.69, 9.17) is 4.74 Å². The fourth-order valence-electron chi connectivity index (χ4n) is 3.87. The van der Waals surface area contributed by atoms with Crippen molar-refractivity contribution in [2.24, 2.45) is 5.92 Å². The van der Waals surface area contributed by atoms with Gasteiger partial charge in [-0.2, -0.15) is 0 Å². The maximum atomic E-state index is 13.3. The number of anilines is 1. The fourth-order valence-corrected chi connectivity index (χ4v) is 5.37. The van der Waals surface area contributed by atoms with Crippen molar-refractivity contribution in [2.75, 3.05) is 23.9 Å². The number of hydrogen-bond acceptors (Lipinski definition) is 4. The van der Waals surface area contributed by atoms with Gasteiger partial charge in [-0.1, -0.05) is 37.3 Å². The van der Waals surface area contributed by atoms with Gasteiger partial charge in [-0.05, 0) is 43.0 Å². The fraction of sp³-hybridized carbons (Fsp3) is 0.381. The van der Waals surface area contributed by atoms with Gasteiger partial charge < -0.3 is 9.64 Å². The van der Waals surface area contributed by atoms with Crippen LogP contribution in [0.25, 0.3) is 0 Å². The Morgan fingerprint density at radius 1 is 1.04 bits per heavy atom. The molecule has 28 heavy (non-hydrogen) atoms. The van der Waals surface area contributed by atoms with Crippen molar-refractivity contribution in [3.05, 3.63) is 54.6 Å². The average Bonchev–Trinajstić information content (AvgIpc) is 2.73. The molecular formula is C21H24N2O4S. The second kappa shape index (κ2) is 7.47. The van der Waals surface area contributed by atoms with Gasteiger partial charge in [0.1, 0.15) is 5.75 Å². The van der Waals surface area contributed by atoms with Gasteiger partial charge in [0, 0.05) is 13.1 Å². The van der Waals surface area contributed by atoms with Crippen molar-refractivity contribution in [1.29, 1.82) is 0 Å². The Bertz CT molecular complexity index is 961. The third-order valence-corrected chi connectivity index (χ3v) is 7.10. The highest BCUT2D eigenvalue weighted by atomic mass is 32.2. The lowest BCUT2D eigenvalue weighted by atomic mass is 10.00. The van der Waals surface area contributed by atoms with Crippen LogP contribution in [-0.4, -0.2) is 45.0 Å². The van der Waals surface area contributed by atoms with Crippen molar-refractivity contribution in [3.8, 4) is 5.75 Å². The molecule has 2 aromatic carbocycles. The minimum absolute atomic E-state index is 0.0298. The van der Waals surface area contributed by atoms with Crippen LogP contribution in [0, 0.1) is 5.92 Å². The largest absolute Gasteiger partial charge is 0.476 e. The topological polar surface area (TPSA) is 66.9 Å². The molecule has 7 heteroatoms. The molecular weight excluding hydrogens is 376 g/mol. The van der Waals surface area contributed by atoms with Crippen LogP contribution in [-0.2, 0) is 14.8 Å². The highest BCUT2D eigenvalue weighted by Crippen LogP contribution is 2.37. The zero-order valence-electron chi connectivity index (χ0n) is 15.8. The van der Waals surface area contributed by atoms with E-state index in [0.717, 1.165) is 12.8 Å². The molecule has 0 saturated carbocycles. The molecule has 1 saturated heterocycles. The van der Waals surface area contributed by atoms with Crippen LogP contribution in [0.2, 0.25) is 0 Å². The SMILES string of the molecule is CC1CCCN(C(=O)C2CN(S(=O)(=O)c3ccccc3)c3ccccc3O2)C1. The highest BCUT2D eigenvalue weighted by molar-refractivity contribution is 7.92. The van der Waals surface area contributed by atoms with Gasteiger partial charge >= 0.3 is 0 Å². The number of carbonyl (C=O) groups excluding carboxylic acids is 1. The highest BCUT2D eigenvalue weighted by Gasteiger charge is 2.39. The minimum Gasteiger partial charge on any atom is -0.476 e. The predicted molar refractivity (Wildman–Crippen MR) is 107 cm³/mol. The summed E-state index contributed by atoms with van der Waals surface area (Å²) in [5, 5.41) is 0. The molecule has 0 N–H and O–H groups in total. The smallest absolute Gasteiger partial charge is 0.265 e. The monoisotopic (exact) mass is 400 g/mol. The first-order valence-electron chi connectivity index (χ1n) is 9.59. The van der Waals surface area contributed by atoms with Crippen molar-refractivity contribution in [1.82, 2.24) is 4.90 Å². The number of piperidine rings is 1. The zero-order valence-corrected chi connectivity index (χ0v) is 16.6. The van der Waals surface area contributed by atoms with Crippen molar-refractivity contribution >= 4 is 21.6 Å². The number of para-hydroxylation sites is 2. The summed E-state index contributed by atoms with van der Waals surface area (Å²) in [4.78, 5) is 15.1. The molecule has 2 unspecified atom stereocenters. The summed E-state index contributed by atoms with van der Waals surface area (Å²) < 4.78 is 33.8. The Hall–Kier alpha value is -2.54. The molecule has 0 spiro atoms. The second-order valence-corrected chi connectivity index (χ2v) is 9.32. The van der Waals surface area contributed by atoms with Crippen LogP contribution >= 0.6 is 0 Å². The molecule has 2 aliphatic rings. The van der Waals surface area contributed by atoms with Gasteiger partial charge in [-0.25, -0.2) is 8.42 Å². The van der Waals surface area contributed by atoms with Crippen LogP contribution in [0.4, 0.5) is 5.69 Å². The van der Waals surface area contributed by atoms with E-state index in [2.05, 4.69) is 6.92 Å². The third kappa shape index (κ3) is 3.46. The molecule has 4 rings (SSSR count). The van der Waals surface area contributed by atoms with Gasteiger partial charge in [0.2, 0.25) is 0 Å². The number of rotatable bonds is 3. The number of nitrogens with zero attached hydrogens (tertiary/aromatic N) is 2. The summed E-state index contributed by atoms with van der Waals surface area (Å²) >= 11 is 0. The van der Waals surface area contributed by atoms with E-state index in [1.165, 1.54) is 4.31 Å². The molecule has 0 aromatic heterocycles. The molecule has 0 bridgehead atoms. The van der Waals surface area contributed by atoms with Crippen LogP contribution in [0.3, 0.4) is 0 Å². The second-order valence-electron chi connectivity index (χ2n) is 7.46. The number of benzene rings is 2. The number of amides is 1. The van der Waals surface area contributed by atoms with Gasteiger partial charge in [-0.15, -0.1) is 0 Å². The molecule has 0 aliphatic carbocycles. The van der Waals surface area contributed by atoms with Gasteiger partial charge in [-0.3, -0.25) is 9.10 Å². The number of hydrogen-bond donors (Lipinski definition) is 0. The zero-order chi connectivity index (χ0) is 19.7. The molecule has 2 atom stereocenters. The lowest BCUT2D eigenvalue weighted by Crippen LogP contribution is -2.53. The van der Waals surface area contributed by atoms with Gasteiger partial charge in [0.15, 0.2) is 6.10 Å². The maximum absolute atomic E-state index is 13.3. The molecule has 0 radical (unpaired) electrons. The molecule has 1 fully saturated rings. The molecule has 2 aromatic rings. The van der Waals surface area contributed by atoms with E-state index in [9.17, 15) is 13.2 Å². The number of sulfonamides is 1. The minimum atomic E-state index is -3.80. The average molecular weight is 401 g/mol. The summed E-state index contributed by atoms with van der Waals surface area (Å²) in [6.45, 7) is 3.47. The Balaban J connectivity index is 1.68. The van der Waals surface area contributed by atoms with E-state index in [-0.39, 0.29) is 17.3 Å². The molecule has 1 amide bonds. The van der Waals surface area contributed by atoms with Crippen molar-refractivity contribution in [2.45, 2.75) is 30.8 Å². The van der Waals surface area contributed by atoms with Crippen LogP contribution in [0.15, 0.2) is 59.5 Å². The summed E-state index contributed by atoms with van der Waals surface area (Å²) in [6.07, 6.45) is 1.22. The van der Waals surface area contributed by atoms with E-state index in [1.807, 2.05) is 0 Å². The number of carbonyl (C=O) groups is 1. The maximum Gasteiger partial charge on any atom is 0.265 e. The molecule has 2 heterocycles. The summed E-state index contributed by atoms with van der Waals surface area (Å²) in [5.41, 5.74) is 0.461. The lowest BCUT2D eigenvalue weighted by Gasteiger charge is -2.38. The van der Waals surface area contributed by atoms with Crippen LogP contribution in [0.5, 0.6) is 5.75 Å². The summed E-state index contributed by atoms with van der Waals surface area (Å²) in [6, 6.07) is 15.3. The van der Waals surface area contributed by atoms with Gasteiger partial charge in [0.05, 0.1) is 17.1 Å². The van der Waals surface area contributed by atoms with E-state index in [0.29, 0.717) is 30.4 Å². The van der Waals surface area contributed by atoms with E-state index in [1.54, 1.807) is 59.5 Å². The molecule has 2 aliphatic heterocycles. The Morgan fingerprint density at radius 2 is 1.75 bits per heavy atom. The quantitative estimate of drug-likeness (QED) is 0.795. The first-order valence-corrected chi connectivity index (χ1v) is 11.0. The molecule has 6 nitrogen and oxygen atoms in total. The Labute approximate surface area is 165 Å². The van der Waals surface area contributed by atoms with Gasteiger partial charge in [0.25, 0.3) is 15.9 Å². The van der Waals surface area contributed by atoms with E-state index >= 15 is 0 Å². The first kappa shape index (κ1) is 18.8. The van der Waals surface area contributed by atoms with Crippen molar-refractivity contribution in [3.63, 3.8) is 0 Å². The lowest BCUT2D eigenvalue weighted by molar-refractivity contribution is -0.140. The number of ether oxygens (including phenoxy) is 1. The first-order chi connectivity index (χ1) is 13.5. The van der Waals surface area contributed by atoms with Crippen LogP contribution < -0.4 is 9.04 Å². The molecule has 148 valence electrons. The number of fused-ring (bicyclic) bond motifs is 1. The standard InChI is InChI=1S/C21H24N2O4S/c1-16-8-7-13-22(14-16)21(24)20-15-23(18-11-5-6-12-19(18)27-20)28(25,26)17-9-3-2-4-10-17/h2-6,9-12,16,20H,7-8,13-15H2,1H3. The number of likely N-dealkylation sites (tertiary alicyclic amines) is 1. The van der Waals surface area contributed by atoms with E-state index < -0.39 is 16.1 Å². The Morgan fingerprint density at radius 3 is 2.50 bits per heavy atom. The summed E-state index contributed by atoms with van der Waals surface area (Å²) in [5.74, 6) is 0.712. The Kier molecular flexibility index (Phi) is 5.02. The summed E-state index contributed by atoms with van der Waals surface area (Å²) in [7, 11) is -3.80. The third-order valence-electron chi connectivity index (χ3n) is 5.31. The van der Waals surface area contributed by atoms with Crippen molar-refractivity contribution < 1.29 is 17.9 Å². The van der Waals surface area contributed by atoms with Crippen LogP contribution in [0.1, 0.15) is 19.8 Å². The predicted octanol–water partition coefficient (Wildman–Crippen LogP) is 2.90.